The van der Waals surface area contributed by atoms with E-state index in [4.69, 9.17) is 4.74 Å². The van der Waals surface area contributed by atoms with Gasteiger partial charge in [0.05, 0.1) is 0 Å². The van der Waals surface area contributed by atoms with E-state index in [9.17, 15) is 19.1 Å². The standard InChI is InChI=1S/C19H20FNO4/c1-11-7-8-15(20)16(9-11)25-10-17(22)21-18(19(23)24)14-6-4-5-12(2)13(14)3/h4-9,18H,10H2,1-3H3,(H,21,22)(H,23,24). The Morgan fingerprint density at radius 2 is 1.92 bits per heavy atom. The number of nitrogens with one attached hydrogen (secondary N) is 1. The Morgan fingerprint density at radius 1 is 1.20 bits per heavy atom. The topological polar surface area (TPSA) is 75.6 Å². The van der Waals surface area contributed by atoms with Crippen molar-refractivity contribution >= 4 is 11.9 Å². The minimum atomic E-state index is -1.20. The van der Waals surface area contributed by atoms with E-state index < -0.39 is 30.3 Å². The quantitative estimate of drug-likeness (QED) is 0.844. The van der Waals surface area contributed by atoms with Gasteiger partial charge in [0.15, 0.2) is 24.2 Å². The highest BCUT2D eigenvalue weighted by molar-refractivity contribution is 5.85. The van der Waals surface area contributed by atoms with Gasteiger partial charge in [-0.05, 0) is 55.2 Å². The summed E-state index contributed by atoms with van der Waals surface area (Å²) < 4.78 is 18.8. The molecule has 0 spiro atoms. The minimum Gasteiger partial charge on any atom is -0.481 e. The fraction of sp³-hybridized carbons (Fsp3) is 0.263. The average Bonchev–Trinajstić information content (AvgIpc) is 2.56. The number of carboxylic acid groups (broad SMARTS) is 1. The number of carboxylic acids is 1. The van der Waals surface area contributed by atoms with Crippen molar-refractivity contribution in [3.8, 4) is 5.75 Å². The van der Waals surface area contributed by atoms with Gasteiger partial charge in [0.25, 0.3) is 5.91 Å². The Hall–Kier alpha value is -2.89. The van der Waals surface area contributed by atoms with Gasteiger partial charge >= 0.3 is 5.97 Å². The molecular formula is C19H20FNO4. The largest absolute Gasteiger partial charge is 0.481 e. The molecule has 0 fully saturated rings. The number of amides is 1. The van der Waals surface area contributed by atoms with Crippen LogP contribution in [-0.2, 0) is 9.59 Å². The summed E-state index contributed by atoms with van der Waals surface area (Å²) >= 11 is 0. The molecule has 0 bridgehead atoms. The molecule has 0 heterocycles. The lowest BCUT2D eigenvalue weighted by atomic mass is 9.97. The van der Waals surface area contributed by atoms with E-state index in [2.05, 4.69) is 5.32 Å². The molecule has 2 N–H and O–H groups in total. The van der Waals surface area contributed by atoms with Crippen LogP contribution in [-0.4, -0.2) is 23.6 Å². The Kier molecular flexibility index (Phi) is 5.75. The second-order valence-corrected chi connectivity index (χ2v) is 5.85. The van der Waals surface area contributed by atoms with Crippen LogP contribution in [0.1, 0.15) is 28.3 Å². The zero-order valence-corrected chi connectivity index (χ0v) is 14.3. The lowest BCUT2D eigenvalue weighted by Crippen LogP contribution is -2.37. The van der Waals surface area contributed by atoms with Gasteiger partial charge in [-0.15, -0.1) is 0 Å². The van der Waals surface area contributed by atoms with Crippen molar-refractivity contribution in [2.24, 2.45) is 0 Å². The summed E-state index contributed by atoms with van der Waals surface area (Å²) in [5, 5.41) is 11.9. The van der Waals surface area contributed by atoms with Gasteiger partial charge in [-0.3, -0.25) is 4.79 Å². The maximum absolute atomic E-state index is 13.6. The summed E-state index contributed by atoms with van der Waals surface area (Å²) in [6.45, 7) is 4.96. The van der Waals surface area contributed by atoms with Crippen LogP contribution in [0.25, 0.3) is 0 Å². The van der Waals surface area contributed by atoms with E-state index in [0.29, 0.717) is 5.56 Å². The fourth-order valence-electron chi connectivity index (χ4n) is 2.43. The molecule has 0 aliphatic carbocycles. The first-order chi connectivity index (χ1) is 11.8. The predicted molar refractivity (Wildman–Crippen MR) is 91.1 cm³/mol. The summed E-state index contributed by atoms with van der Waals surface area (Å²) in [7, 11) is 0. The highest BCUT2D eigenvalue weighted by Gasteiger charge is 2.24. The first kappa shape index (κ1) is 18.4. The van der Waals surface area contributed by atoms with Crippen LogP contribution < -0.4 is 10.1 Å². The first-order valence-corrected chi connectivity index (χ1v) is 7.77. The van der Waals surface area contributed by atoms with Crippen molar-refractivity contribution in [3.05, 3.63) is 64.5 Å². The molecule has 2 aromatic rings. The molecule has 132 valence electrons. The maximum atomic E-state index is 13.6. The Labute approximate surface area is 145 Å². The van der Waals surface area contributed by atoms with E-state index in [1.54, 1.807) is 32.0 Å². The van der Waals surface area contributed by atoms with Crippen molar-refractivity contribution in [2.45, 2.75) is 26.8 Å². The molecule has 0 saturated heterocycles. The van der Waals surface area contributed by atoms with Crippen LogP contribution in [0, 0.1) is 26.6 Å². The molecule has 0 aromatic heterocycles. The number of carbonyl (C=O) groups excluding carboxylic acids is 1. The highest BCUT2D eigenvalue weighted by atomic mass is 19.1. The van der Waals surface area contributed by atoms with Crippen LogP contribution in [0.5, 0.6) is 5.75 Å². The van der Waals surface area contributed by atoms with E-state index >= 15 is 0 Å². The third-order valence-corrected chi connectivity index (χ3v) is 3.96. The number of carbonyl (C=O) groups is 2. The molecule has 0 aliphatic heterocycles. The van der Waals surface area contributed by atoms with Gasteiger partial charge in [0, 0.05) is 0 Å². The smallest absolute Gasteiger partial charge is 0.330 e. The van der Waals surface area contributed by atoms with Crippen molar-refractivity contribution in [3.63, 3.8) is 0 Å². The number of aliphatic carboxylic acids is 1. The summed E-state index contributed by atoms with van der Waals surface area (Å²) in [6.07, 6.45) is 0. The number of rotatable bonds is 6. The van der Waals surface area contributed by atoms with Crippen LogP contribution in [0.2, 0.25) is 0 Å². The maximum Gasteiger partial charge on any atom is 0.330 e. The molecule has 2 aromatic carbocycles. The molecule has 0 saturated carbocycles. The second-order valence-electron chi connectivity index (χ2n) is 5.85. The molecule has 25 heavy (non-hydrogen) atoms. The van der Waals surface area contributed by atoms with Crippen LogP contribution >= 0.6 is 0 Å². The van der Waals surface area contributed by atoms with Gasteiger partial charge in [-0.1, -0.05) is 24.3 Å². The molecule has 2 rings (SSSR count). The van der Waals surface area contributed by atoms with Crippen LogP contribution in [0.3, 0.4) is 0 Å². The van der Waals surface area contributed by atoms with Gasteiger partial charge in [0.1, 0.15) is 0 Å². The fourth-order valence-corrected chi connectivity index (χ4v) is 2.43. The van der Waals surface area contributed by atoms with E-state index in [1.807, 2.05) is 13.0 Å². The zero-order valence-electron chi connectivity index (χ0n) is 14.3. The van der Waals surface area contributed by atoms with Crippen molar-refractivity contribution < 1.29 is 23.8 Å². The molecule has 6 heteroatoms. The van der Waals surface area contributed by atoms with Gasteiger partial charge < -0.3 is 15.2 Å². The molecule has 0 radical (unpaired) electrons. The van der Waals surface area contributed by atoms with Gasteiger partial charge in [-0.25, -0.2) is 9.18 Å². The summed E-state index contributed by atoms with van der Waals surface area (Å²) in [5.74, 6) is -2.45. The number of hydrogen-bond acceptors (Lipinski definition) is 3. The molecule has 5 nitrogen and oxygen atoms in total. The van der Waals surface area contributed by atoms with E-state index in [-0.39, 0.29) is 5.75 Å². The third kappa shape index (κ3) is 4.56. The summed E-state index contributed by atoms with van der Waals surface area (Å²) in [5.41, 5.74) is 3.01. The second kappa shape index (κ2) is 7.79. The van der Waals surface area contributed by atoms with Crippen LogP contribution in [0.15, 0.2) is 36.4 Å². The lowest BCUT2D eigenvalue weighted by molar-refractivity contribution is -0.142. The SMILES string of the molecule is Cc1ccc(F)c(OCC(=O)NC(C(=O)O)c2cccc(C)c2C)c1. The van der Waals surface area contributed by atoms with Gasteiger partial charge in [-0.2, -0.15) is 0 Å². The number of aryl methyl sites for hydroxylation is 2. The summed E-state index contributed by atoms with van der Waals surface area (Å²) in [6, 6.07) is 8.37. The number of benzene rings is 2. The lowest BCUT2D eigenvalue weighted by Gasteiger charge is -2.18. The predicted octanol–water partition coefficient (Wildman–Crippen LogP) is 3.07. The van der Waals surface area contributed by atoms with E-state index in [1.165, 1.54) is 12.1 Å². The average molecular weight is 345 g/mol. The third-order valence-electron chi connectivity index (χ3n) is 3.96. The number of halogens is 1. The first-order valence-electron chi connectivity index (χ1n) is 7.77. The highest BCUT2D eigenvalue weighted by Crippen LogP contribution is 2.21. The molecular weight excluding hydrogens is 325 g/mol. The van der Waals surface area contributed by atoms with Crippen molar-refractivity contribution in [1.82, 2.24) is 5.32 Å². The van der Waals surface area contributed by atoms with Crippen LogP contribution in [0.4, 0.5) is 4.39 Å². The monoisotopic (exact) mass is 345 g/mol. The van der Waals surface area contributed by atoms with Gasteiger partial charge in [0.2, 0.25) is 0 Å². The molecule has 1 atom stereocenters. The molecule has 1 unspecified atom stereocenters. The Morgan fingerprint density at radius 3 is 2.60 bits per heavy atom. The Bertz CT molecular complexity index is 804. The Balaban J connectivity index is 2.09. The summed E-state index contributed by atoms with van der Waals surface area (Å²) in [4.78, 5) is 23.6. The molecule has 0 aliphatic rings. The zero-order chi connectivity index (χ0) is 18.6. The molecule has 1 amide bonds. The normalized spacial score (nSPS) is 11.7. The number of hydrogen-bond donors (Lipinski definition) is 2. The van der Waals surface area contributed by atoms with Crippen molar-refractivity contribution in [1.29, 1.82) is 0 Å². The minimum absolute atomic E-state index is 0.0474. The van der Waals surface area contributed by atoms with Crippen molar-refractivity contribution in [2.75, 3.05) is 6.61 Å². The van der Waals surface area contributed by atoms with E-state index in [0.717, 1.165) is 16.7 Å². The number of ether oxygens (including phenoxy) is 1.